The highest BCUT2D eigenvalue weighted by molar-refractivity contribution is 6.30. The molecule has 5 heteroatoms. The smallest absolute Gasteiger partial charge is 0.243 e. The Labute approximate surface area is 122 Å². The van der Waals surface area contributed by atoms with Gasteiger partial charge in [0.05, 0.1) is 5.02 Å². The summed E-state index contributed by atoms with van der Waals surface area (Å²) in [5.74, 6) is 0.626. The molecule has 0 radical (unpaired) electrons. The number of nitrogens with zero attached hydrogens (tertiary/aromatic N) is 3. The first-order valence-corrected chi connectivity index (χ1v) is 6.90. The van der Waals surface area contributed by atoms with E-state index in [4.69, 9.17) is 11.6 Å². The van der Waals surface area contributed by atoms with Gasteiger partial charge in [0.1, 0.15) is 0 Å². The van der Waals surface area contributed by atoms with Gasteiger partial charge in [-0.25, -0.2) is 4.52 Å². The van der Waals surface area contributed by atoms with E-state index in [0.29, 0.717) is 11.0 Å². The molecular weight excluding hydrogens is 272 g/mol. The highest BCUT2D eigenvalue weighted by Crippen LogP contribution is 2.12. The SMILES string of the molecule is Cc1ccccc1CCNc1nc2ccc(Cl)cn2n1. The standard InChI is InChI=1S/C15H15ClN4/c1-11-4-2-3-5-12(11)8-9-17-15-18-14-7-6-13(16)10-20(14)19-15/h2-7,10H,8-9H2,1H3,(H,17,19). The average Bonchev–Trinajstić information content (AvgIpc) is 2.83. The second kappa shape index (κ2) is 5.51. The molecule has 102 valence electrons. The fourth-order valence-electron chi connectivity index (χ4n) is 2.13. The fraction of sp³-hybridized carbons (Fsp3) is 0.200. The summed E-state index contributed by atoms with van der Waals surface area (Å²) in [5.41, 5.74) is 3.43. The van der Waals surface area contributed by atoms with Gasteiger partial charge in [-0.3, -0.25) is 0 Å². The number of aryl methyl sites for hydroxylation is 1. The van der Waals surface area contributed by atoms with Gasteiger partial charge in [0, 0.05) is 12.7 Å². The zero-order valence-corrected chi connectivity index (χ0v) is 11.9. The Morgan fingerprint density at radius 1 is 1.20 bits per heavy atom. The van der Waals surface area contributed by atoms with Crippen molar-refractivity contribution >= 4 is 23.2 Å². The average molecular weight is 287 g/mol. The first-order valence-electron chi connectivity index (χ1n) is 6.53. The van der Waals surface area contributed by atoms with Crippen LogP contribution < -0.4 is 5.32 Å². The maximum atomic E-state index is 5.92. The number of hydrogen-bond acceptors (Lipinski definition) is 3. The molecule has 1 N–H and O–H groups in total. The van der Waals surface area contributed by atoms with Gasteiger partial charge in [0.2, 0.25) is 5.95 Å². The van der Waals surface area contributed by atoms with Crippen LogP contribution in [-0.2, 0) is 6.42 Å². The molecule has 0 saturated carbocycles. The molecular formula is C15H15ClN4. The normalized spacial score (nSPS) is 10.9. The minimum absolute atomic E-state index is 0.626. The zero-order valence-electron chi connectivity index (χ0n) is 11.2. The first-order chi connectivity index (χ1) is 9.72. The highest BCUT2D eigenvalue weighted by atomic mass is 35.5. The van der Waals surface area contributed by atoms with E-state index >= 15 is 0 Å². The molecule has 0 bridgehead atoms. The third-order valence-electron chi connectivity index (χ3n) is 3.23. The van der Waals surface area contributed by atoms with Crippen LogP contribution in [0.15, 0.2) is 42.6 Å². The van der Waals surface area contributed by atoms with E-state index in [1.165, 1.54) is 11.1 Å². The molecule has 3 rings (SSSR count). The van der Waals surface area contributed by atoms with Gasteiger partial charge in [-0.1, -0.05) is 35.9 Å². The maximum Gasteiger partial charge on any atom is 0.243 e. The largest absolute Gasteiger partial charge is 0.353 e. The summed E-state index contributed by atoms with van der Waals surface area (Å²) in [6.07, 6.45) is 2.69. The Kier molecular flexibility index (Phi) is 3.56. The predicted octanol–water partition coefficient (Wildman–Crippen LogP) is 3.35. The Bertz CT molecular complexity index is 736. The van der Waals surface area contributed by atoms with Gasteiger partial charge >= 0.3 is 0 Å². The number of aromatic nitrogens is 3. The third kappa shape index (κ3) is 2.75. The minimum atomic E-state index is 0.626. The third-order valence-corrected chi connectivity index (χ3v) is 3.46. The van der Waals surface area contributed by atoms with Crippen molar-refractivity contribution in [3.63, 3.8) is 0 Å². The van der Waals surface area contributed by atoms with Gasteiger partial charge < -0.3 is 5.32 Å². The van der Waals surface area contributed by atoms with Gasteiger partial charge in [-0.15, -0.1) is 5.10 Å². The van der Waals surface area contributed by atoms with Crippen molar-refractivity contribution in [2.24, 2.45) is 0 Å². The van der Waals surface area contributed by atoms with Crippen molar-refractivity contribution in [2.75, 3.05) is 11.9 Å². The fourth-order valence-corrected chi connectivity index (χ4v) is 2.29. The molecule has 20 heavy (non-hydrogen) atoms. The van der Waals surface area contributed by atoms with Crippen molar-refractivity contribution in [1.82, 2.24) is 14.6 Å². The molecule has 0 aliphatic heterocycles. The van der Waals surface area contributed by atoms with Crippen LogP contribution in [0.5, 0.6) is 0 Å². The van der Waals surface area contributed by atoms with Crippen molar-refractivity contribution in [2.45, 2.75) is 13.3 Å². The molecule has 0 atom stereocenters. The van der Waals surface area contributed by atoms with Crippen LogP contribution in [0.2, 0.25) is 5.02 Å². The number of rotatable bonds is 4. The van der Waals surface area contributed by atoms with Gasteiger partial charge in [-0.2, -0.15) is 4.98 Å². The topological polar surface area (TPSA) is 42.2 Å². The second-order valence-electron chi connectivity index (χ2n) is 4.69. The van der Waals surface area contributed by atoms with E-state index < -0.39 is 0 Å². The molecule has 0 aliphatic carbocycles. The Morgan fingerprint density at radius 2 is 2.05 bits per heavy atom. The summed E-state index contributed by atoms with van der Waals surface area (Å²) < 4.78 is 1.68. The Balaban J connectivity index is 1.67. The lowest BCUT2D eigenvalue weighted by molar-refractivity contribution is 0.934. The number of fused-ring (bicyclic) bond motifs is 1. The van der Waals surface area contributed by atoms with Crippen LogP contribution in [0.25, 0.3) is 5.65 Å². The molecule has 3 aromatic rings. The van der Waals surface area contributed by atoms with E-state index in [9.17, 15) is 0 Å². The van der Waals surface area contributed by atoms with Crippen LogP contribution >= 0.6 is 11.6 Å². The van der Waals surface area contributed by atoms with E-state index in [2.05, 4.69) is 46.6 Å². The quantitative estimate of drug-likeness (QED) is 0.800. The molecule has 0 amide bonds. The lowest BCUT2D eigenvalue weighted by Crippen LogP contribution is -2.07. The number of nitrogens with one attached hydrogen (secondary N) is 1. The summed E-state index contributed by atoms with van der Waals surface area (Å²) >= 11 is 5.92. The van der Waals surface area contributed by atoms with Crippen LogP contribution in [0.3, 0.4) is 0 Å². The molecule has 4 nitrogen and oxygen atoms in total. The minimum Gasteiger partial charge on any atom is -0.353 e. The maximum absolute atomic E-state index is 5.92. The van der Waals surface area contributed by atoms with E-state index in [-0.39, 0.29) is 0 Å². The summed E-state index contributed by atoms with van der Waals surface area (Å²) in [6.45, 7) is 2.93. The van der Waals surface area contributed by atoms with Crippen LogP contribution in [0.4, 0.5) is 5.95 Å². The van der Waals surface area contributed by atoms with Gasteiger partial charge in [0.15, 0.2) is 5.65 Å². The molecule has 0 spiro atoms. The van der Waals surface area contributed by atoms with Crippen molar-refractivity contribution in [1.29, 1.82) is 0 Å². The molecule has 2 heterocycles. The Hall–Kier alpha value is -2.07. The summed E-state index contributed by atoms with van der Waals surface area (Å²) in [7, 11) is 0. The summed E-state index contributed by atoms with van der Waals surface area (Å²) in [6, 6.07) is 12.0. The molecule has 0 saturated heterocycles. The van der Waals surface area contributed by atoms with Crippen molar-refractivity contribution < 1.29 is 0 Å². The van der Waals surface area contributed by atoms with Crippen LogP contribution in [0.1, 0.15) is 11.1 Å². The summed E-state index contributed by atoms with van der Waals surface area (Å²) in [5, 5.41) is 8.23. The van der Waals surface area contributed by atoms with E-state index in [0.717, 1.165) is 18.6 Å². The highest BCUT2D eigenvalue weighted by Gasteiger charge is 2.03. The summed E-state index contributed by atoms with van der Waals surface area (Å²) in [4.78, 5) is 4.39. The number of pyridine rings is 1. The lowest BCUT2D eigenvalue weighted by atomic mass is 10.1. The molecule has 2 aromatic heterocycles. The number of anilines is 1. The van der Waals surface area contributed by atoms with Gasteiger partial charge in [-0.05, 0) is 36.6 Å². The second-order valence-corrected chi connectivity index (χ2v) is 5.13. The molecule has 1 aromatic carbocycles. The van der Waals surface area contributed by atoms with Crippen molar-refractivity contribution in [3.05, 3.63) is 58.7 Å². The number of hydrogen-bond donors (Lipinski definition) is 1. The van der Waals surface area contributed by atoms with Crippen LogP contribution in [0, 0.1) is 6.92 Å². The van der Waals surface area contributed by atoms with Crippen LogP contribution in [-0.4, -0.2) is 21.1 Å². The molecule has 0 unspecified atom stereocenters. The van der Waals surface area contributed by atoms with E-state index in [1.54, 1.807) is 10.7 Å². The lowest BCUT2D eigenvalue weighted by Gasteiger charge is -2.05. The first kappa shape index (κ1) is 12.9. The Morgan fingerprint density at radius 3 is 2.90 bits per heavy atom. The van der Waals surface area contributed by atoms with Crippen molar-refractivity contribution in [3.8, 4) is 0 Å². The van der Waals surface area contributed by atoms with Gasteiger partial charge in [0.25, 0.3) is 0 Å². The zero-order chi connectivity index (χ0) is 13.9. The predicted molar refractivity (Wildman–Crippen MR) is 81.4 cm³/mol. The number of halogens is 1. The monoisotopic (exact) mass is 286 g/mol. The number of benzene rings is 1. The molecule has 0 aliphatic rings. The van der Waals surface area contributed by atoms with E-state index in [1.807, 2.05) is 12.1 Å². The molecule has 0 fully saturated rings.